The molecule has 118 valence electrons. The van der Waals surface area contributed by atoms with Gasteiger partial charge in [-0.15, -0.1) is 0 Å². The van der Waals surface area contributed by atoms with Crippen molar-refractivity contribution in [1.29, 1.82) is 0 Å². The number of hydrogen-bond acceptors (Lipinski definition) is 4. The Morgan fingerprint density at radius 2 is 2.00 bits per heavy atom. The summed E-state index contributed by atoms with van der Waals surface area (Å²) in [4.78, 5) is 25.1. The molecule has 0 unspecified atom stereocenters. The molecule has 2 rings (SSSR count). The van der Waals surface area contributed by atoms with E-state index in [-0.39, 0.29) is 17.2 Å². The van der Waals surface area contributed by atoms with E-state index in [4.69, 9.17) is 5.11 Å². The molecule has 2 aromatic heterocycles. The van der Waals surface area contributed by atoms with Crippen LogP contribution >= 0.6 is 0 Å². The zero-order valence-corrected chi connectivity index (χ0v) is 13.1. The van der Waals surface area contributed by atoms with Crippen molar-refractivity contribution < 1.29 is 14.7 Å². The summed E-state index contributed by atoms with van der Waals surface area (Å²) in [5, 5.41) is 17.3. The van der Waals surface area contributed by atoms with Gasteiger partial charge >= 0.3 is 5.97 Å². The number of amides is 1. The van der Waals surface area contributed by atoms with Gasteiger partial charge in [0.1, 0.15) is 0 Å². The van der Waals surface area contributed by atoms with Crippen LogP contribution in [-0.4, -0.2) is 48.5 Å². The molecule has 0 bridgehead atoms. The topological polar surface area (TPSA) is 93.2 Å². The molecule has 0 aliphatic carbocycles. The molecular formula is C14H19N5O3. The maximum absolute atomic E-state index is 12.5. The number of aryl methyl sites for hydroxylation is 3. The van der Waals surface area contributed by atoms with Crippen molar-refractivity contribution >= 4 is 11.9 Å². The predicted octanol–water partition coefficient (Wildman–Crippen LogP) is 0.915. The largest absolute Gasteiger partial charge is 0.476 e. The molecule has 1 N–H and O–H groups in total. The highest BCUT2D eigenvalue weighted by atomic mass is 16.4. The van der Waals surface area contributed by atoms with Crippen LogP contribution in [0.1, 0.15) is 39.0 Å². The number of nitrogens with zero attached hydrogens (tertiary/aromatic N) is 5. The van der Waals surface area contributed by atoms with Gasteiger partial charge in [-0.05, 0) is 13.8 Å². The van der Waals surface area contributed by atoms with Crippen molar-refractivity contribution in [3.8, 4) is 0 Å². The average Bonchev–Trinajstić information content (AvgIpc) is 3.01. The van der Waals surface area contributed by atoms with Gasteiger partial charge in [-0.3, -0.25) is 14.2 Å². The van der Waals surface area contributed by atoms with Gasteiger partial charge in [0.15, 0.2) is 5.69 Å². The van der Waals surface area contributed by atoms with E-state index < -0.39 is 5.97 Å². The van der Waals surface area contributed by atoms with E-state index in [9.17, 15) is 9.59 Å². The maximum Gasteiger partial charge on any atom is 0.357 e. The van der Waals surface area contributed by atoms with Crippen LogP contribution < -0.4 is 0 Å². The normalized spacial score (nSPS) is 10.7. The molecule has 1 amide bonds. The quantitative estimate of drug-likeness (QED) is 0.886. The molecule has 8 heteroatoms. The Balaban J connectivity index is 2.22. The van der Waals surface area contributed by atoms with Crippen molar-refractivity contribution in [2.24, 2.45) is 7.05 Å². The van der Waals surface area contributed by atoms with Crippen LogP contribution in [-0.2, 0) is 20.1 Å². The number of rotatable bonds is 5. The molecule has 22 heavy (non-hydrogen) atoms. The van der Waals surface area contributed by atoms with Crippen molar-refractivity contribution in [2.45, 2.75) is 26.9 Å². The lowest BCUT2D eigenvalue weighted by Gasteiger charge is -2.16. The molecule has 0 radical (unpaired) electrons. The minimum absolute atomic E-state index is 0.0815. The highest BCUT2D eigenvalue weighted by Gasteiger charge is 2.24. The van der Waals surface area contributed by atoms with E-state index in [0.717, 1.165) is 17.8 Å². The Labute approximate surface area is 127 Å². The Morgan fingerprint density at radius 1 is 1.32 bits per heavy atom. The summed E-state index contributed by atoms with van der Waals surface area (Å²) in [7, 11) is 3.21. The standard InChI is InChI=1S/C14H19N5O3/c1-5-19-7-10(9(2)15-19)6-17(3)13(20)11-8-18(4)16-12(11)14(21)22/h7-8H,5-6H2,1-4H3,(H,21,22). The third-order valence-electron chi connectivity index (χ3n) is 3.39. The zero-order chi connectivity index (χ0) is 16.4. The molecule has 0 aliphatic rings. The minimum Gasteiger partial charge on any atom is -0.476 e. The molecular weight excluding hydrogens is 286 g/mol. The SMILES string of the molecule is CCn1cc(CN(C)C(=O)c2cn(C)nc2C(=O)O)c(C)n1. The van der Waals surface area contributed by atoms with Crippen LogP contribution in [0.2, 0.25) is 0 Å². The van der Waals surface area contributed by atoms with Crippen LogP contribution in [0.3, 0.4) is 0 Å². The first-order valence-electron chi connectivity index (χ1n) is 6.88. The first-order valence-corrected chi connectivity index (χ1v) is 6.88. The minimum atomic E-state index is -1.22. The number of carboxylic acids is 1. The summed E-state index contributed by atoms with van der Waals surface area (Å²) in [5.74, 6) is -1.60. The summed E-state index contributed by atoms with van der Waals surface area (Å²) in [6.45, 7) is 4.98. The van der Waals surface area contributed by atoms with E-state index in [2.05, 4.69) is 10.2 Å². The fourth-order valence-electron chi connectivity index (χ4n) is 2.21. The highest BCUT2D eigenvalue weighted by Crippen LogP contribution is 2.14. The third-order valence-corrected chi connectivity index (χ3v) is 3.39. The predicted molar refractivity (Wildman–Crippen MR) is 78.6 cm³/mol. The zero-order valence-electron chi connectivity index (χ0n) is 13.1. The third kappa shape index (κ3) is 3.00. The van der Waals surface area contributed by atoms with E-state index in [1.807, 2.05) is 20.0 Å². The second-order valence-corrected chi connectivity index (χ2v) is 5.13. The number of carbonyl (C=O) groups excluding carboxylic acids is 1. The molecule has 0 atom stereocenters. The second-order valence-electron chi connectivity index (χ2n) is 5.13. The lowest BCUT2D eigenvalue weighted by atomic mass is 10.2. The van der Waals surface area contributed by atoms with Gasteiger partial charge in [-0.2, -0.15) is 10.2 Å². The first-order chi connectivity index (χ1) is 10.3. The molecule has 0 aromatic carbocycles. The van der Waals surface area contributed by atoms with E-state index >= 15 is 0 Å². The Hall–Kier alpha value is -2.64. The van der Waals surface area contributed by atoms with E-state index in [0.29, 0.717) is 6.54 Å². The number of aromatic carboxylic acids is 1. The summed E-state index contributed by atoms with van der Waals surface area (Å²) in [6.07, 6.45) is 3.31. The molecule has 0 aliphatic heterocycles. The summed E-state index contributed by atoms with van der Waals surface area (Å²) in [5.41, 5.74) is 1.63. The Morgan fingerprint density at radius 3 is 2.55 bits per heavy atom. The fraction of sp³-hybridized carbons (Fsp3) is 0.429. The maximum atomic E-state index is 12.5. The lowest BCUT2D eigenvalue weighted by molar-refractivity contribution is 0.0674. The van der Waals surface area contributed by atoms with Crippen molar-refractivity contribution in [3.63, 3.8) is 0 Å². The van der Waals surface area contributed by atoms with Crippen molar-refractivity contribution in [1.82, 2.24) is 24.5 Å². The average molecular weight is 305 g/mol. The van der Waals surface area contributed by atoms with Crippen molar-refractivity contribution in [2.75, 3.05) is 7.05 Å². The molecule has 2 heterocycles. The van der Waals surface area contributed by atoms with Gasteiger partial charge in [0.2, 0.25) is 0 Å². The fourth-order valence-corrected chi connectivity index (χ4v) is 2.21. The van der Waals surface area contributed by atoms with Gasteiger partial charge in [0.25, 0.3) is 5.91 Å². The number of hydrogen-bond donors (Lipinski definition) is 1. The monoisotopic (exact) mass is 305 g/mol. The molecule has 0 fully saturated rings. The van der Waals surface area contributed by atoms with Gasteiger partial charge < -0.3 is 10.0 Å². The lowest BCUT2D eigenvalue weighted by Crippen LogP contribution is -2.27. The smallest absolute Gasteiger partial charge is 0.357 e. The highest BCUT2D eigenvalue weighted by molar-refractivity contribution is 6.03. The molecule has 2 aromatic rings. The van der Waals surface area contributed by atoms with Crippen molar-refractivity contribution in [3.05, 3.63) is 34.9 Å². The number of aromatic nitrogens is 4. The molecule has 0 spiro atoms. The summed E-state index contributed by atoms with van der Waals surface area (Å²) >= 11 is 0. The van der Waals surface area contributed by atoms with E-state index in [1.165, 1.54) is 15.8 Å². The van der Waals surface area contributed by atoms with Gasteiger partial charge in [0, 0.05) is 45.1 Å². The van der Waals surface area contributed by atoms with Gasteiger partial charge in [0.05, 0.1) is 11.3 Å². The second kappa shape index (κ2) is 6.00. The Bertz CT molecular complexity index is 716. The summed E-state index contributed by atoms with van der Waals surface area (Å²) in [6, 6.07) is 0. The van der Waals surface area contributed by atoms with Crippen LogP contribution in [0.15, 0.2) is 12.4 Å². The van der Waals surface area contributed by atoms with Crippen LogP contribution in [0, 0.1) is 6.92 Å². The Kier molecular flexibility index (Phi) is 4.30. The van der Waals surface area contributed by atoms with Gasteiger partial charge in [-0.25, -0.2) is 4.79 Å². The molecule has 0 saturated heterocycles. The van der Waals surface area contributed by atoms with Crippen LogP contribution in [0.25, 0.3) is 0 Å². The first kappa shape index (κ1) is 15.7. The van der Waals surface area contributed by atoms with Crippen LogP contribution in [0.5, 0.6) is 0 Å². The van der Waals surface area contributed by atoms with Gasteiger partial charge in [-0.1, -0.05) is 0 Å². The summed E-state index contributed by atoms with van der Waals surface area (Å²) < 4.78 is 3.13. The molecule has 0 saturated carbocycles. The number of carbonyl (C=O) groups is 2. The van der Waals surface area contributed by atoms with E-state index in [1.54, 1.807) is 18.8 Å². The number of carboxylic acid groups (broad SMARTS) is 1. The molecule has 8 nitrogen and oxygen atoms in total. The van der Waals surface area contributed by atoms with Crippen LogP contribution in [0.4, 0.5) is 0 Å².